The maximum absolute atomic E-state index is 15.6. The number of hydrogen-bond donors (Lipinski definition) is 1. The maximum Gasteiger partial charge on any atom is 0.184 e. The van der Waals surface area contributed by atoms with E-state index in [0.29, 0.717) is 30.1 Å². The molecule has 7 heteroatoms. The highest BCUT2D eigenvalue weighted by molar-refractivity contribution is 7.80. The van der Waals surface area contributed by atoms with E-state index >= 15 is 8.78 Å². The van der Waals surface area contributed by atoms with Gasteiger partial charge in [0.1, 0.15) is 18.5 Å². The highest BCUT2D eigenvalue weighted by Crippen LogP contribution is 2.52. The van der Waals surface area contributed by atoms with Crippen LogP contribution in [0.1, 0.15) is 51.9 Å². The van der Waals surface area contributed by atoms with Crippen molar-refractivity contribution in [3.8, 4) is 5.75 Å². The first kappa shape index (κ1) is 23.7. The summed E-state index contributed by atoms with van der Waals surface area (Å²) in [5.74, 6) is -0.339. The fourth-order valence-electron chi connectivity index (χ4n) is 4.78. The fourth-order valence-corrected chi connectivity index (χ4v) is 4.93. The molecule has 2 aliphatic carbocycles. The molecule has 1 nitrogen and oxygen atoms in total. The minimum Gasteiger partial charge on any atom is -0.490 e. The predicted molar refractivity (Wildman–Crippen MR) is 111 cm³/mol. The first-order chi connectivity index (χ1) is 14.2. The van der Waals surface area contributed by atoms with Crippen molar-refractivity contribution >= 4 is 12.6 Å². The summed E-state index contributed by atoms with van der Waals surface area (Å²) in [4.78, 5) is 0.643. The quantitative estimate of drug-likeness (QED) is 0.348. The molecule has 2 saturated carbocycles. The van der Waals surface area contributed by atoms with Crippen molar-refractivity contribution in [3.05, 3.63) is 30.7 Å². The lowest BCUT2D eigenvalue weighted by Gasteiger charge is -2.49. The Kier molecular flexibility index (Phi) is 7.62. The molecule has 2 aliphatic rings. The number of unbranched alkanes of at least 4 members (excludes halogenated alkanes) is 1. The largest absolute Gasteiger partial charge is 0.490 e. The summed E-state index contributed by atoms with van der Waals surface area (Å²) >= 11 is 4.11. The molecule has 3 rings (SSSR count). The molecule has 169 valence electrons. The lowest BCUT2D eigenvalue weighted by Crippen LogP contribution is -2.66. The van der Waals surface area contributed by atoms with Crippen molar-refractivity contribution in [2.75, 3.05) is 6.61 Å². The van der Waals surface area contributed by atoms with Crippen molar-refractivity contribution in [1.82, 2.24) is 0 Å². The van der Waals surface area contributed by atoms with Crippen LogP contribution < -0.4 is 4.74 Å². The van der Waals surface area contributed by atoms with Gasteiger partial charge in [-0.05, 0) is 48.9 Å². The van der Waals surface area contributed by atoms with E-state index in [9.17, 15) is 13.2 Å². The van der Waals surface area contributed by atoms with Gasteiger partial charge in [0.05, 0.1) is 0 Å². The van der Waals surface area contributed by atoms with Crippen LogP contribution in [0, 0.1) is 18.3 Å². The van der Waals surface area contributed by atoms with Gasteiger partial charge in [0.15, 0.2) is 23.7 Å². The molecule has 0 amide bonds. The van der Waals surface area contributed by atoms with Gasteiger partial charge in [-0.25, -0.2) is 22.0 Å². The molecule has 1 aromatic rings. The first-order valence-electron chi connectivity index (χ1n) is 10.8. The molecule has 1 aromatic carbocycles. The maximum atomic E-state index is 15.6. The molecule has 1 radical (unpaired) electrons. The second-order valence-electron chi connectivity index (χ2n) is 8.77. The summed E-state index contributed by atoms with van der Waals surface area (Å²) in [5.41, 5.74) is -6.09. The van der Waals surface area contributed by atoms with E-state index in [1.54, 1.807) is 12.1 Å². The smallest absolute Gasteiger partial charge is 0.184 e. The van der Waals surface area contributed by atoms with Crippen molar-refractivity contribution < 1.29 is 26.7 Å². The summed E-state index contributed by atoms with van der Waals surface area (Å²) in [5, 5.41) is 0. The molecule has 5 atom stereocenters. The number of hydrogen-bond acceptors (Lipinski definition) is 2. The Hall–Kier alpha value is -0.980. The predicted octanol–water partition coefficient (Wildman–Crippen LogP) is 7.00. The van der Waals surface area contributed by atoms with Crippen LogP contribution in [-0.2, 0) is 0 Å². The van der Waals surface area contributed by atoms with Crippen LogP contribution in [0.4, 0.5) is 22.0 Å². The number of halogens is 5. The van der Waals surface area contributed by atoms with Crippen molar-refractivity contribution in [3.63, 3.8) is 0 Å². The number of rotatable bonds is 7. The molecule has 0 bridgehead atoms. The first-order valence-corrected chi connectivity index (χ1v) is 11.2. The van der Waals surface area contributed by atoms with Gasteiger partial charge in [0.25, 0.3) is 0 Å². The minimum atomic E-state index is -3.05. The third-order valence-corrected chi connectivity index (χ3v) is 7.02. The van der Waals surface area contributed by atoms with E-state index < -0.39 is 42.4 Å². The van der Waals surface area contributed by atoms with Gasteiger partial charge < -0.3 is 4.74 Å². The Labute approximate surface area is 181 Å². The zero-order valence-electron chi connectivity index (χ0n) is 17.2. The summed E-state index contributed by atoms with van der Waals surface area (Å²) in [6.07, 6.45) is -2.88. The summed E-state index contributed by atoms with van der Waals surface area (Å²) < 4.78 is 80.5. The Balaban J connectivity index is 1.65. The summed E-state index contributed by atoms with van der Waals surface area (Å²) in [6.45, 7) is 1.16. The summed E-state index contributed by atoms with van der Waals surface area (Å²) in [6, 6.07) is 6.14. The molecule has 0 aromatic heterocycles. The SMILES string of the molecule is CCCC[C@H]1CC[C@H](C2(F)C(F)[CH]C(F)(COc3ccc(S)cc3)C(F)C2F)CC1. The lowest BCUT2D eigenvalue weighted by molar-refractivity contribution is -0.159. The number of benzene rings is 1. The van der Waals surface area contributed by atoms with Gasteiger partial charge in [-0.3, -0.25) is 0 Å². The van der Waals surface area contributed by atoms with E-state index in [4.69, 9.17) is 4.74 Å². The van der Waals surface area contributed by atoms with Crippen molar-refractivity contribution in [2.24, 2.45) is 11.8 Å². The van der Waals surface area contributed by atoms with E-state index in [1.807, 2.05) is 0 Å². The topological polar surface area (TPSA) is 9.23 Å². The molecular formula is C23H30F5OS. The zero-order chi connectivity index (χ0) is 21.9. The average Bonchev–Trinajstić information content (AvgIpc) is 2.75. The number of ether oxygens (including phenoxy) is 1. The van der Waals surface area contributed by atoms with E-state index in [-0.39, 0.29) is 18.6 Å². The van der Waals surface area contributed by atoms with Gasteiger partial charge in [0.2, 0.25) is 0 Å². The standard InChI is InChI=1S/C23H30F5OS/c1-2-3-4-15-5-7-16(8-6-15)23(28)19(24)13-22(27,20(25)21(23)26)14-29-17-9-11-18(30)12-10-17/h9-13,15-16,19-21,30H,2-8,14H2,1H3/t15-,16-,19?,20?,21?,22?,23?. The number of alkyl halides is 5. The number of thiol groups is 1. The molecule has 5 unspecified atom stereocenters. The molecule has 2 fully saturated rings. The second-order valence-corrected chi connectivity index (χ2v) is 9.28. The molecule has 0 saturated heterocycles. The zero-order valence-corrected chi connectivity index (χ0v) is 18.1. The fraction of sp³-hybridized carbons (Fsp3) is 0.696. The molecule has 0 heterocycles. The Morgan fingerprint density at radius 1 is 1.00 bits per heavy atom. The third-order valence-electron chi connectivity index (χ3n) is 6.72. The van der Waals surface area contributed by atoms with E-state index in [0.717, 1.165) is 19.3 Å². The normalized spacial score (nSPS) is 39.6. The molecule has 0 aliphatic heterocycles. The van der Waals surface area contributed by atoms with Gasteiger partial charge in [-0.1, -0.05) is 39.0 Å². The lowest BCUT2D eigenvalue weighted by atomic mass is 9.64. The van der Waals surface area contributed by atoms with Gasteiger partial charge in [-0.15, -0.1) is 12.6 Å². The Morgan fingerprint density at radius 3 is 2.23 bits per heavy atom. The van der Waals surface area contributed by atoms with Crippen LogP contribution in [-0.4, -0.2) is 36.5 Å². The van der Waals surface area contributed by atoms with Crippen LogP contribution in [0.15, 0.2) is 29.2 Å². The van der Waals surface area contributed by atoms with Crippen molar-refractivity contribution in [1.29, 1.82) is 0 Å². The van der Waals surface area contributed by atoms with Crippen LogP contribution in [0.5, 0.6) is 5.75 Å². The molecule has 0 N–H and O–H groups in total. The Bertz CT molecular complexity index is 681. The van der Waals surface area contributed by atoms with Gasteiger partial charge in [0, 0.05) is 11.3 Å². The Morgan fingerprint density at radius 2 is 1.63 bits per heavy atom. The highest BCUT2D eigenvalue weighted by atomic mass is 32.1. The molecular weight excluding hydrogens is 419 g/mol. The van der Waals surface area contributed by atoms with Crippen LogP contribution in [0.3, 0.4) is 0 Å². The van der Waals surface area contributed by atoms with E-state index in [2.05, 4.69) is 19.6 Å². The average molecular weight is 450 g/mol. The molecule has 30 heavy (non-hydrogen) atoms. The van der Waals surface area contributed by atoms with Gasteiger partial charge in [-0.2, -0.15) is 0 Å². The highest BCUT2D eigenvalue weighted by Gasteiger charge is 2.67. The van der Waals surface area contributed by atoms with Crippen LogP contribution >= 0.6 is 12.6 Å². The van der Waals surface area contributed by atoms with Crippen molar-refractivity contribution in [2.45, 2.75) is 86.6 Å². The monoisotopic (exact) mass is 449 g/mol. The third kappa shape index (κ3) is 4.76. The second kappa shape index (κ2) is 9.66. The van der Waals surface area contributed by atoms with E-state index in [1.165, 1.54) is 12.1 Å². The van der Waals surface area contributed by atoms with Crippen LogP contribution in [0.25, 0.3) is 0 Å². The minimum absolute atomic E-state index is 0.207. The molecule has 0 spiro atoms. The van der Waals surface area contributed by atoms with Crippen LogP contribution in [0.2, 0.25) is 0 Å². The van der Waals surface area contributed by atoms with Gasteiger partial charge >= 0.3 is 0 Å². The summed E-state index contributed by atoms with van der Waals surface area (Å²) in [7, 11) is 0.